The number of nitrogens with one attached hydrogen (secondary N) is 2. The number of hydrogen-bond donors (Lipinski definition) is 2. The summed E-state index contributed by atoms with van der Waals surface area (Å²) in [6, 6.07) is 7.35. The van der Waals surface area contributed by atoms with Gasteiger partial charge in [0.25, 0.3) is 5.91 Å². The first-order valence-corrected chi connectivity index (χ1v) is 8.38. The van der Waals surface area contributed by atoms with E-state index in [0.29, 0.717) is 24.6 Å². The Kier molecular flexibility index (Phi) is 4.34. The van der Waals surface area contributed by atoms with Gasteiger partial charge in [0.05, 0.1) is 24.5 Å². The zero-order chi connectivity index (χ0) is 17.1. The molecule has 0 aromatic carbocycles. The van der Waals surface area contributed by atoms with Crippen LogP contribution in [0.1, 0.15) is 34.1 Å². The highest BCUT2D eigenvalue weighted by molar-refractivity contribution is 5.91. The smallest absolute Gasteiger partial charge is 0.287 e. The van der Waals surface area contributed by atoms with Gasteiger partial charge in [-0.25, -0.2) is 0 Å². The van der Waals surface area contributed by atoms with Crippen molar-refractivity contribution in [1.29, 1.82) is 0 Å². The lowest BCUT2D eigenvalue weighted by atomic mass is 10.3. The van der Waals surface area contributed by atoms with E-state index < -0.39 is 0 Å². The monoisotopic (exact) mass is 340 g/mol. The maximum atomic E-state index is 12.3. The zero-order valence-electron chi connectivity index (χ0n) is 13.8. The lowest BCUT2D eigenvalue weighted by Gasteiger charge is -2.01. The molecular weight excluding hydrogens is 320 g/mol. The summed E-state index contributed by atoms with van der Waals surface area (Å²) in [5.41, 5.74) is 2.01. The maximum absolute atomic E-state index is 12.3. The normalized spacial score (nSPS) is 14.1. The number of amides is 1. The van der Waals surface area contributed by atoms with Gasteiger partial charge < -0.3 is 15.1 Å². The highest BCUT2D eigenvalue weighted by Crippen LogP contribution is 2.11. The van der Waals surface area contributed by atoms with E-state index in [1.165, 1.54) is 0 Å². The van der Waals surface area contributed by atoms with Crippen molar-refractivity contribution in [3.8, 4) is 0 Å². The topological polar surface area (TPSA) is 89.9 Å². The summed E-state index contributed by atoms with van der Waals surface area (Å²) in [6.45, 7) is 3.62. The van der Waals surface area contributed by atoms with Gasteiger partial charge >= 0.3 is 0 Å². The highest BCUT2D eigenvalue weighted by Gasteiger charge is 2.14. The van der Waals surface area contributed by atoms with Crippen molar-refractivity contribution in [3.63, 3.8) is 0 Å². The third-order valence-corrected chi connectivity index (χ3v) is 4.14. The van der Waals surface area contributed by atoms with Crippen molar-refractivity contribution < 1.29 is 9.21 Å². The third-order valence-electron chi connectivity index (χ3n) is 4.14. The summed E-state index contributed by atoms with van der Waals surface area (Å²) in [7, 11) is 0. The molecule has 3 aromatic heterocycles. The van der Waals surface area contributed by atoms with E-state index in [1.54, 1.807) is 23.0 Å². The number of aryl methyl sites for hydroxylation is 1. The SMILES string of the molecule is O=C(NCc1cc2n(n1)CCCNC2)c1ccc(Cn2cccn2)o1. The van der Waals surface area contributed by atoms with E-state index in [-0.39, 0.29) is 5.91 Å². The van der Waals surface area contributed by atoms with Crippen molar-refractivity contribution in [3.05, 3.63) is 59.6 Å². The van der Waals surface area contributed by atoms with Gasteiger partial charge in [-0.15, -0.1) is 0 Å². The van der Waals surface area contributed by atoms with E-state index in [9.17, 15) is 4.79 Å². The average molecular weight is 340 g/mol. The zero-order valence-corrected chi connectivity index (χ0v) is 13.8. The molecule has 0 radical (unpaired) electrons. The molecule has 0 saturated heterocycles. The quantitative estimate of drug-likeness (QED) is 0.727. The number of fused-ring (bicyclic) bond motifs is 1. The summed E-state index contributed by atoms with van der Waals surface area (Å²) >= 11 is 0. The summed E-state index contributed by atoms with van der Waals surface area (Å²) in [4.78, 5) is 12.3. The van der Waals surface area contributed by atoms with Crippen molar-refractivity contribution in [2.75, 3.05) is 6.54 Å². The Hall–Kier alpha value is -2.87. The van der Waals surface area contributed by atoms with Crippen LogP contribution in [0.5, 0.6) is 0 Å². The molecule has 8 nitrogen and oxygen atoms in total. The Balaban J connectivity index is 1.35. The van der Waals surface area contributed by atoms with Crippen molar-refractivity contribution in [1.82, 2.24) is 30.2 Å². The molecule has 130 valence electrons. The molecule has 0 saturated carbocycles. The number of nitrogens with zero attached hydrogens (tertiary/aromatic N) is 4. The first-order valence-electron chi connectivity index (χ1n) is 8.38. The molecule has 0 bridgehead atoms. The van der Waals surface area contributed by atoms with E-state index in [0.717, 1.165) is 37.4 Å². The van der Waals surface area contributed by atoms with Crippen LogP contribution < -0.4 is 10.6 Å². The van der Waals surface area contributed by atoms with E-state index in [1.807, 2.05) is 23.0 Å². The summed E-state index contributed by atoms with van der Waals surface area (Å²) < 4.78 is 9.35. The molecule has 25 heavy (non-hydrogen) atoms. The van der Waals surface area contributed by atoms with Gasteiger partial charge in [-0.1, -0.05) is 0 Å². The molecule has 4 heterocycles. The van der Waals surface area contributed by atoms with Crippen LogP contribution in [-0.2, 0) is 26.2 Å². The van der Waals surface area contributed by atoms with Gasteiger partial charge in [-0.3, -0.25) is 14.2 Å². The Bertz CT molecular complexity index is 825. The number of rotatable bonds is 5. The minimum absolute atomic E-state index is 0.243. The second kappa shape index (κ2) is 6.94. The first kappa shape index (κ1) is 15.6. The van der Waals surface area contributed by atoms with Crippen molar-refractivity contribution in [2.45, 2.75) is 32.6 Å². The van der Waals surface area contributed by atoms with Crippen LogP contribution in [0.15, 0.2) is 41.1 Å². The standard InChI is InChI=1S/C17H20N6O2/c24-17(16-4-3-15(25-16)12-22-7-2-6-20-22)19-10-13-9-14-11-18-5-1-8-23(14)21-13/h2-4,6-7,9,18H,1,5,8,10-12H2,(H,19,24). The average Bonchev–Trinajstić information content (AvgIpc) is 3.33. The summed E-state index contributed by atoms with van der Waals surface area (Å²) in [6.07, 6.45) is 4.62. The number of furan rings is 1. The molecule has 0 unspecified atom stereocenters. The molecule has 2 N–H and O–H groups in total. The number of aromatic nitrogens is 4. The van der Waals surface area contributed by atoms with Crippen LogP contribution in [0.3, 0.4) is 0 Å². The Morgan fingerprint density at radius 2 is 2.36 bits per heavy atom. The first-order chi connectivity index (χ1) is 12.3. The largest absolute Gasteiger partial charge is 0.454 e. The lowest BCUT2D eigenvalue weighted by molar-refractivity contribution is 0.0920. The van der Waals surface area contributed by atoms with Crippen LogP contribution in [0.2, 0.25) is 0 Å². The minimum Gasteiger partial charge on any atom is -0.454 e. The van der Waals surface area contributed by atoms with E-state index in [2.05, 4.69) is 20.8 Å². The molecule has 3 aromatic rings. The minimum atomic E-state index is -0.243. The molecular formula is C17H20N6O2. The van der Waals surface area contributed by atoms with Crippen LogP contribution in [0.25, 0.3) is 0 Å². The van der Waals surface area contributed by atoms with Crippen molar-refractivity contribution >= 4 is 5.91 Å². The molecule has 0 spiro atoms. The Morgan fingerprint density at radius 1 is 1.40 bits per heavy atom. The van der Waals surface area contributed by atoms with Gasteiger partial charge in [0.15, 0.2) is 5.76 Å². The fourth-order valence-electron chi connectivity index (χ4n) is 2.90. The molecule has 4 rings (SSSR count). The fraction of sp³-hybridized carbons (Fsp3) is 0.353. The number of carbonyl (C=O) groups is 1. The van der Waals surface area contributed by atoms with Crippen LogP contribution in [0.4, 0.5) is 0 Å². The number of hydrogen-bond acceptors (Lipinski definition) is 5. The van der Waals surface area contributed by atoms with Gasteiger partial charge in [-0.05, 0) is 37.2 Å². The maximum Gasteiger partial charge on any atom is 0.287 e. The van der Waals surface area contributed by atoms with Crippen LogP contribution in [-0.4, -0.2) is 32.0 Å². The van der Waals surface area contributed by atoms with Crippen molar-refractivity contribution in [2.24, 2.45) is 0 Å². The van der Waals surface area contributed by atoms with Gasteiger partial charge in [-0.2, -0.15) is 10.2 Å². The predicted molar refractivity (Wildman–Crippen MR) is 89.8 cm³/mol. The molecule has 1 amide bonds. The molecule has 0 atom stereocenters. The fourth-order valence-corrected chi connectivity index (χ4v) is 2.90. The third kappa shape index (κ3) is 3.63. The van der Waals surface area contributed by atoms with Gasteiger partial charge in [0.1, 0.15) is 5.76 Å². The predicted octanol–water partition coefficient (Wildman–Crippen LogP) is 1.14. The molecule has 1 aliphatic rings. The molecule has 0 aliphatic carbocycles. The lowest BCUT2D eigenvalue weighted by Crippen LogP contribution is -2.22. The van der Waals surface area contributed by atoms with Gasteiger partial charge in [0.2, 0.25) is 0 Å². The molecule has 1 aliphatic heterocycles. The molecule has 8 heteroatoms. The molecule has 0 fully saturated rings. The second-order valence-corrected chi connectivity index (χ2v) is 6.03. The van der Waals surface area contributed by atoms with Crippen LogP contribution in [0, 0.1) is 0 Å². The number of carbonyl (C=O) groups excluding carboxylic acids is 1. The van der Waals surface area contributed by atoms with E-state index in [4.69, 9.17) is 4.42 Å². The summed E-state index contributed by atoms with van der Waals surface area (Å²) in [5, 5.41) is 14.9. The Labute approximate surface area is 144 Å². The second-order valence-electron chi connectivity index (χ2n) is 6.03. The van der Waals surface area contributed by atoms with E-state index >= 15 is 0 Å². The Morgan fingerprint density at radius 3 is 3.24 bits per heavy atom. The van der Waals surface area contributed by atoms with Gasteiger partial charge in [0, 0.05) is 25.5 Å². The summed E-state index contributed by atoms with van der Waals surface area (Å²) in [5.74, 6) is 0.742. The van der Waals surface area contributed by atoms with Crippen LogP contribution >= 0.6 is 0 Å². The highest BCUT2D eigenvalue weighted by atomic mass is 16.4.